The number of guanidine groups is 1. The SMILES string of the molecule is CCN(CC)c1ccc(CNC(=NC)N2CCC(COCCOC)C2)cc1F.I. The third-order valence-corrected chi connectivity index (χ3v) is 5.15. The lowest BCUT2D eigenvalue weighted by Crippen LogP contribution is -2.39. The maximum absolute atomic E-state index is 14.5. The number of likely N-dealkylation sites (tertiary alicyclic amines) is 1. The van der Waals surface area contributed by atoms with Gasteiger partial charge in [-0.2, -0.15) is 0 Å². The third-order valence-electron chi connectivity index (χ3n) is 5.15. The van der Waals surface area contributed by atoms with Crippen LogP contribution in [0, 0.1) is 11.7 Å². The fraction of sp³-hybridized carbons (Fsp3) is 0.667. The summed E-state index contributed by atoms with van der Waals surface area (Å²) in [6.45, 7) is 10.1. The molecule has 1 atom stereocenters. The summed E-state index contributed by atoms with van der Waals surface area (Å²) in [6, 6.07) is 5.46. The van der Waals surface area contributed by atoms with E-state index in [2.05, 4.69) is 15.2 Å². The van der Waals surface area contributed by atoms with E-state index in [0.29, 0.717) is 31.4 Å². The number of benzene rings is 1. The Morgan fingerprint density at radius 2 is 2.07 bits per heavy atom. The summed E-state index contributed by atoms with van der Waals surface area (Å²) in [6.07, 6.45) is 1.08. The fourth-order valence-corrected chi connectivity index (χ4v) is 3.55. The van der Waals surface area contributed by atoms with E-state index in [-0.39, 0.29) is 29.8 Å². The minimum absolute atomic E-state index is 0. The highest BCUT2D eigenvalue weighted by molar-refractivity contribution is 14.0. The molecule has 1 aliphatic heterocycles. The van der Waals surface area contributed by atoms with E-state index in [1.54, 1.807) is 20.2 Å². The molecule has 1 saturated heterocycles. The molecule has 1 aromatic carbocycles. The third kappa shape index (κ3) is 7.90. The van der Waals surface area contributed by atoms with Crippen LogP contribution in [0.3, 0.4) is 0 Å². The Hall–Kier alpha value is -1.13. The molecular formula is C21H36FIN4O2. The first-order chi connectivity index (χ1) is 13.6. The molecular weight excluding hydrogens is 486 g/mol. The summed E-state index contributed by atoms with van der Waals surface area (Å²) in [4.78, 5) is 8.65. The molecule has 0 saturated carbocycles. The molecule has 1 aliphatic rings. The van der Waals surface area contributed by atoms with Gasteiger partial charge in [-0.25, -0.2) is 4.39 Å². The van der Waals surface area contributed by atoms with Crippen molar-refractivity contribution < 1.29 is 13.9 Å². The maximum Gasteiger partial charge on any atom is 0.193 e. The van der Waals surface area contributed by atoms with Gasteiger partial charge in [0.2, 0.25) is 0 Å². The Morgan fingerprint density at radius 3 is 2.69 bits per heavy atom. The summed E-state index contributed by atoms with van der Waals surface area (Å²) in [7, 11) is 3.47. The van der Waals surface area contributed by atoms with Crippen molar-refractivity contribution in [2.75, 3.05) is 65.1 Å². The molecule has 8 heteroatoms. The van der Waals surface area contributed by atoms with Crippen molar-refractivity contribution in [2.24, 2.45) is 10.9 Å². The second-order valence-corrected chi connectivity index (χ2v) is 7.03. The van der Waals surface area contributed by atoms with Crippen LogP contribution in [0.1, 0.15) is 25.8 Å². The molecule has 1 N–H and O–H groups in total. The normalized spacial score (nSPS) is 16.7. The van der Waals surface area contributed by atoms with E-state index in [4.69, 9.17) is 9.47 Å². The molecule has 1 fully saturated rings. The molecule has 0 bridgehead atoms. The standard InChI is InChI=1S/C21H35FN4O2.HI/c1-5-25(6-2)20-8-7-17(13-19(20)22)14-24-21(23-3)26-10-9-18(15-26)16-28-12-11-27-4;/h7-8,13,18H,5-6,9-12,14-16H2,1-4H3,(H,23,24);1H. The van der Waals surface area contributed by atoms with Gasteiger partial charge in [-0.3, -0.25) is 4.99 Å². The molecule has 0 aromatic heterocycles. The summed E-state index contributed by atoms with van der Waals surface area (Å²) < 4.78 is 25.1. The smallest absolute Gasteiger partial charge is 0.193 e. The van der Waals surface area contributed by atoms with Gasteiger partial charge in [0, 0.05) is 52.8 Å². The Bertz CT molecular complexity index is 629. The molecule has 6 nitrogen and oxygen atoms in total. The molecule has 166 valence electrons. The Balaban J connectivity index is 0.00000420. The van der Waals surface area contributed by atoms with Crippen LogP contribution in [0.5, 0.6) is 0 Å². The summed E-state index contributed by atoms with van der Waals surface area (Å²) in [5, 5.41) is 3.36. The molecule has 29 heavy (non-hydrogen) atoms. The number of hydrogen-bond acceptors (Lipinski definition) is 4. The first-order valence-electron chi connectivity index (χ1n) is 10.2. The van der Waals surface area contributed by atoms with E-state index in [9.17, 15) is 4.39 Å². The first-order valence-corrected chi connectivity index (χ1v) is 10.2. The summed E-state index contributed by atoms with van der Waals surface area (Å²) in [5.41, 5.74) is 1.57. The highest BCUT2D eigenvalue weighted by Gasteiger charge is 2.25. The predicted octanol–water partition coefficient (Wildman–Crippen LogP) is 3.35. The number of methoxy groups -OCH3 is 1. The van der Waals surface area contributed by atoms with Crippen LogP contribution in [0.2, 0.25) is 0 Å². The summed E-state index contributed by atoms with van der Waals surface area (Å²) in [5.74, 6) is 1.18. The molecule has 0 amide bonds. The van der Waals surface area contributed by atoms with Gasteiger partial charge in [0.25, 0.3) is 0 Å². The predicted molar refractivity (Wildman–Crippen MR) is 128 cm³/mol. The van der Waals surface area contributed by atoms with Crippen LogP contribution in [0.15, 0.2) is 23.2 Å². The van der Waals surface area contributed by atoms with E-state index in [1.807, 2.05) is 30.9 Å². The van der Waals surface area contributed by atoms with E-state index in [1.165, 1.54) is 0 Å². The van der Waals surface area contributed by atoms with Gasteiger partial charge in [0.15, 0.2) is 5.96 Å². The number of nitrogens with zero attached hydrogens (tertiary/aromatic N) is 3. The Labute approximate surface area is 191 Å². The zero-order valence-corrected chi connectivity index (χ0v) is 20.4. The highest BCUT2D eigenvalue weighted by atomic mass is 127. The molecule has 1 aromatic rings. The van der Waals surface area contributed by atoms with E-state index in [0.717, 1.165) is 50.7 Å². The molecule has 1 heterocycles. The zero-order valence-electron chi connectivity index (χ0n) is 18.1. The molecule has 2 rings (SSSR count). The van der Waals surface area contributed by atoms with Crippen molar-refractivity contribution in [1.29, 1.82) is 0 Å². The van der Waals surface area contributed by atoms with Crippen molar-refractivity contribution in [3.63, 3.8) is 0 Å². The number of nitrogens with one attached hydrogen (secondary N) is 1. The average Bonchev–Trinajstić information content (AvgIpc) is 3.17. The van der Waals surface area contributed by atoms with Crippen LogP contribution in [-0.4, -0.2) is 71.0 Å². The van der Waals surface area contributed by atoms with Crippen LogP contribution < -0.4 is 10.2 Å². The number of aliphatic imine (C=N–C) groups is 1. The van der Waals surface area contributed by atoms with Crippen molar-refractivity contribution in [3.05, 3.63) is 29.6 Å². The quantitative estimate of drug-likeness (QED) is 0.221. The zero-order chi connectivity index (χ0) is 20.4. The van der Waals surface area contributed by atoms with Gasteiger partial charge in [0.05, 0.1) is 25.5 Å². The fourth-order valence-electron chi connectivity index (χ4n) is 3.55. The van der Waals surface area contributed by atoms with Crippen molar-refractivity contribution in [2.45, 2.75) is 26.8 Å². The second kappa shape index (κ2) is 14.0. The first kappa shape index (κ1) is 25.9. The lowest BCUT2D eigenvalue weighted by molar-refractivity contribution is 0.0536. The van der Waals surface area contributed by atoms with Gasteiger partial charge in [-0.15, -0.1) is 24.0 Å². The van der Waals surface area contributed by atoms with Gasteiger partial charge in [-0.05, 0) is 38.0 Å². The number of hydrogen-bond donors (Lipinski definition) is 1. The van der Waals surface area contributed by atoms with E-state index < -0.39 is 0 Å². The molecule has 0 spiro atoms. The van der Waals surface area contributed by atoms with Crippen LogP contribution >= 0.6 is 24.0 Å². The largest absolute Gasteiger partial charge is 0.382 e. The number of ether oxygens (including phenoxy) is 2. The molecule has 0 aliphatic carbocycles. The Morgan fingerprint density at radius 1 is 1.31 bits per heavy atom. The lowest BCUT2D eigenvalue weighted by Gasteiger charge is -2.23. The van der Waals surface area contributed by atoms with E-state index >= 15 is 0 Å². The van der Waals surface area contributed by atoms with Crippen LogP contribution in [0.25, 0.3) is 0 Å². The van der Waals surface area contributed by atoms with Crippen molar-refractivity contribution in [1.82, 2.24) is 10.2 Å². The number of anilines is 1. The monoisotopic (exact) mass is 522 g/mol. The van der Waals surface area contributed by atoms with Gasteiger partial charge in [-0.1, -0.05) is 6.07 Å². The Kier molecular flexibility index (Phi) is 12.5. The maximum atomic E-state index is 14.5. The minimum Gasteiger partial charge on any atom is -0.382 e. The second-order valence-electron chi connectivity index (χ2n) is 7.03. The molecule has 1 unspecified atom stereocenters. The minimum atomic E-state index is -0.174. The van der Waals surface area contributed by atoms with Gasteiger partial charge in [0.1, 0.15) is 5.82 Å². The summed E-state index contributed by atoms with van der Waals surface area (Å²) >= 11 is 0. The average molecular weight is 522 g/mol. The van der Waals surface area contributed by atoms with Crippen LogP contribution in [0.4, 0.5) is 10.1 Å². The van der Waals surface area contributed by atoms with Crippen LogP contribution in [-0.2, 0) is 16.0 Å². The van der Waals surface area contributed by atoms with Gasteiger partial charge < -0.3 is 24.6 Å². The van der Waals surface area contributed by atoms with Crippen molar-refractivity contribution in [3.8, 4) is 0 Å². The topological polar surface area (TPSA) is 49.3 Å². The number of halogens is 2. The highest BCUT2D eigenvalue weighted by Crippen LogP contribution is 2.21. The molecule has 0 radical (unpaired) electrons. The van der Waals surface area contributed by atoms with Crippen molar-refractivity contribution >= 4 is 35.6 Å². The number of rotatable bonds is 10. The van der Waals surface area contributed by atoms with Gasteiger partial charge >= 0.3 is 0 Å². The lowest BCUT2D eigenvalue weighted by atomic mass is 10.1.